The number of carbonyl (C=O) groups is 1. The zero-order valence-electron chi connectivity index (χ0n) is 19.0. The van der Waals surface area contributed by atoms with Crippen LogP contribution >= 0.6 is 0 Å². The highest BCUT2D eigenvalue weighted by molar-refractivity contribution is 5.99. The minimum Gasteiger partial charge on any atom is -0.505 e. The summed E-state index contributed by atoms with van der Waals surface area (Å²) in [4.78, 5) is 38.7. The fraction of sp³-hybridized carbons (Fsp3) is 0.115. The van der Waals surface area contributed by atoms with Gasteiger partial charge in [-0.15, -0.1) is 0 Å². The molecule has 0 atom stereocenters. The molecule has 1 amide bonds. The van der Waals surface area contributed by atoms with E-state index < -0.39 is 17.0 Å². The number of benzene rings is 3. The van der Waals surface area contributed by atoms with Crippen LogP contribution in [0.3, 0.4) is 0 Å². The first-order valence-corrected chi connectivity index (χ1v) is 11.0. The summed E-state index contributed by atoms with van der Waals surface area (Å²) in [7, 11) is 1.45. The second-order valence-electron chi connectivity index (χ2n) is 7.81. The molecule has 0 saturated heterocycles. The van der Waals surface area contributed by atoms with Crippen molar-refractivity contribution >= 4 is 23.0 Å². The lowest BCUT2D eigenvalue weighted by Crippen LogP contribution is -2.34. The van der Waals surface area contributed by atoms with E-state index in [-0.39, 0.29) is 34.9 Å². The van der Waals surface area contributed by atoms with Crippen LogP contribution in [0.2, 0.25) is 0 Å². The number of aromatic hydroxyl groups is 1. The number of hydrogen-bond acceptors (Lipinski definition) is 6. The third-order valence-electron chi connectivity index (χ3n) is 5.44. The van der Waals surface area contributed by atoms with Gasteiger partial charge in [-0.25, -0.2) is 4.68 Å². The van der Waals surface area contributed by atoms with Crippen LogP contribution in [0.4, 0.5) is 17.1 Å². The lowest BCUT2D eigenvalue weighted by atomic mass is 10.1. The summed E-state index contributed by atoms with van der Waals surface area (Å²) in [5.41, 5.74) is 0.836. The van der Waals surface area contributed by atoms with E-state index in [0.29, 0.717) is 6.54 Å². The number of aromatic nitrogens is 2. The van der Waals surface area contributed by atoms with Crippen LogP contribution in [0.25, 0.3) is 0 Å². The van der Waals surface area contributed by atoms with Crippen LogP contribution in [-0.2, 0) is 13.1 Å². The molecule has 9 nitrogen and oxygen atoms in total. The van der Waals surface area contributed by atoms with E-state index in [0.717, 1.165) is 11.1 Å². The molecule has 0 spiro atoms. The predicted octanol–water partition coefficient (Wildman–Crippen LogP) is 3.01. The van der Waals surface area contributed by atoms with Crippen LogP contribution in [0.1, 0.15) is 21.5 Å². The molecule has 178 valence electrons. The molecule has 0 unspecified atom stereocenters. The van der Waals surface area contributed by atoms with Crippen molar-refractivity contribution in [2.75, 3.05) is 17.7 Å². The molecule has 0 aliphatic rings. The molecule has 9 heteroatoms. The zero-order valence-corrected chi connectivity index (χ0v) is 19.0. The predicted molar refractivity (Wildman–Crippen MR) is 135 cm³/mol. The normalized spacial score (nSPS) is 10.5. The molecule has 5 N–H and O–H groups in total. The Morgan fingerprint density at radius 2 is 1.54 bits per heavy atom. The standard InChI is InChI=1S/C26H25N5O4/c1-27-24(33)19-13-8-14-20(23(19)32)29-22-21(28-15-17-9-4-2-5-10-17)25(34)30-31(26(22)35)16-18-11-6-3-7-12-18/h2-14,28-29,32H,15-16H2,1H3,(H,27,33)(H,30,34). The van der Waals surface area contributed by atoms with Gasteiger partial charge in [0.2, 0.25) is 0 Å². The molecule has 0 fully saturated rings. The number of phenolic OH excluding ortho intramolecular Hbond substituents is 1. The number of rotatable bonds is 8. The van der Waals surface area contributed by atoms with Crippen molar-refractivity contribution in [2.45, 2.75) is 13.1 Å². The number of para-hydroxylation sites is 1. The second kappa shape index (κ2) is 10.4. The van der Waals surface area contributed by atoms with Gasteiger partial charge in [-0.3, -0.25) is 19.5 Å². The molecule has 4 rings (SSSR count). The molecular weight excluding hydrogens is 446 g/mol. The number of anilines is 3. The molecule has 4 aromatic rings. The van der Waals surface area contributed by atoms with E-state index in [4.69, 9.17) is 0 Å². The Kier molecular flexibility index (Phi) is 6.96. The molecule has 1 heterocycles. The molecule has 0 radical (unpaired) electrons. The molecule has 3 aromatic carbocycles. The Hall–Kier alpha value is -4.79. The Bertz CT molecular complexity index is 1450. The third kappa shape index (κ3) is 5.25. The summed E-state index contributed by atoms with van der Waals surface area (Å²) < 4.78 is 1.20. The van der Waals surface area contributed by atoms with Gasteiger partial charge in [0, 0.05) is 13.6 Å². The van der Waals surface area contributed by atoms with Gasteiger partial charge in [-0.1, -0.05) is 66.7 Å². The highest BCUT2D eigenvalue weighted by atomic mass is 16.3. The summed E-state index contributed by atoms with van der Waals surface area (Å²) >= 11 is 0. The number of hydrogen-bond donors (Lipinski definition) is 5. The van der Waals surface area contributed by atoms with E-state index in [1.807, 2.05) is 60.7 Å². The monoisotopic (exact) mass is 471 g/mol. The minimum absolute atomic E-state index is 0.0212. The molecular formula is C26H25N5O4. The number of H-pyrrole nitrogens is 1. The Labute approximate surface area is 201 Å². The van der Waals surface area contributed by atoms with Gasteiger partial charge in [-0.05, 0) is 23.3 Å². The van der Waals surface area contributed by atoms with E-state index in [2.05, 4.69) is 21.0 Å². The SMILES string of the molecule is CNC(=O)c1cccc(Nc2c(NCc3ccccc3)c(=O)[nH]n(Cc3ccccc3)c2=O)c1O. The van der Waals surface area contributed by atoms with Crippen molar-refractivity contribution in [1.82, 2.24) is 15.1 Å². The fourth-order valence-electron chi connectivity index (χ4n) is 3.63. The van der Waals surface area contributed by atoms with Gasteiger partial charge >= 0.3 is 0 Å². The first kappa shape index (κ1) is 23.4. The average molecular weight is 472 g/mol. The van der Waals surface area contributed by atoms with E-state index in [9.17, 15) is 19.5 Å². The van der Waals surface area contributed by atoms with Gasteiger partial charge < -0.3 is 21.1 Å². The lowest BCUT2D eigenvalue weighted by molar-refractivity contribution is 0.0960. The maximum atomic E-state index is 13.5. The van der Waals surface area contributed by atoms with Gasteiger partial charge in [0.25, 0.3) is 17.0 Å². The van der Waals surface area contributed by atoms with Crippen LogP contribution in [0.5, 0.6) is 5.75 Å². The first-order valence-electron chi connectivity index (χ1n) is 11.0. The maximum Gasteiger partial charge on any atom is 0.291 e. The largest absolute Gasteiger partial charge is 0.505 e. The van der Waals surface area contributed by atoms with Crippen molar-refractivity contribution in [3.63, 3.8) is 0 Å². The van der Waals surface area contributed by atoms with Gasteiger partial charge in [0.1, 0.15) is 11.4 Å². The van der Waals surface area contributed by atoms with Gasteiger partial charge in [0.15, 0.2) is 5.75 Å². The first-order chi connectivity index (χ1) is 17.0. The quantitative estimate of drug-likeness (QED) is 0.251. The second-order valence-corrected chi connectivity index (χ2v) is 7.81. The van der Waals surface area contributed by atoms with Crippen LogP contribution in [-0.4, -0.2) is 27.8 Å². The Balaban J connectivity index is 1.78. The molecule has 1 aromatic heterocycles. The Morgan fingerprint density at radius 3 is 2.20 bits per heavy atom. The van der Waals surface area contributed by atoms with Gasteiger partial charge in [-0.2, -0.15) is 0 Å². The molecule has 0 bridgehead atoms. The summed E-state index contributed by atoms with van der Waals surface area (Å²) in [5, 5.41) is 21.7. The topological polar surface area (TPSA) is 128 Å². The number of phenols is 1. The van der Waals surface area contributed by atoms with Crippen molar-refractivity contribution in [3.8, 4) is 5.75 Å². The summed E-state index contributed by atoms with van der Waals surface area (Å²) in [5.74, 6) is -0.823. The van der Waals surface area contributed by atoms with E-state index >= 15 is 0 Å². The number of nitrogens with zero attached hydrogens (tertiary/aromatic N) is 1. The number of carbonyl (C=O) groups excluding carboxylic acids is 1. The summed E-state index contributed by atoms with van der Waals surface area (Å²) in [6.07, 6.45) is 0. The molecule has 0 aliphatic carbocycles. The zero-order chi connectivity index (χ0) is 24.8. The van der Waals surface area contributed by atoms with Crippen molar-refractivity contribution in [3.05, 3.63) is 116 Å². The van der Waals surface area contributed by atoms with Gasteiger partial charge in [0.05, 0.1) is 17.8 Å². The lowest BCUT2D eigenvalue weighted by Gasteiger charge is -2.17. The van der Waals surface area contributed by atoms with Crippen LogP contribution in [0.15, 0.2) is 88.5 Å². The van der Waals surface area contributed by atoms with Crippen molar-refractivity contribution in [2.24, 2.45) is 0 Å². The summed E-state index contributed by atoms with van der Waals surface area (Å²) in [6.45, 7) is 0.442. The molecule has 0 aliphatic heterocycles. The smallest absolute Gasteiger partial charge is 0.291 e. The highest BCUT2D eigenvalue weighted by Crippen LogP contribution is 2.30. The maximum absolute atomic E-state index is 13.5. The van der Waals surface area contributed by atoms with E-state index in [1.54, 1.807) is 6.07 Å². The third-order valence-corrected chi connectivity index (χ3v) is 5.44. The molecule has 0 saturated carbocycles. The minimum atomic E-state index is -0.513. The summed E-state index contributed by atoms with van der Waals surface area (Å²) in [6, 6.07) is 23.2. The van der Waals surface area contributed by atoms with Crippen LogP contribution in [0, 0.1) is 0 Å². The number of aromatic amines is 1. The van der Waals surface area contributed by atoms with Crippen LogP contribution < -0.4 is 27.1 Å². The molecule has 35 heavy (non-hydrogen) atoms. The number of nitrogens with one attached hydrogen (secondary N) is 4. The van der Waals surface area contributed by atoms with Crippen molar-refractivity contribution in [1.29, 1.82) is 0 Å². The number of amides is 1. The fourth-order valence-corrected chi connectivity index (χ4v) is 3.63. The van der Waals surface area contributed by atoms with E-state index in [1.165, 1.54) is 23.9 Å². The average Bonchev–Trinajstić information content (AvgIpc) is 2.88. The highest BCUT2D eigenvalue weighted by Gasteiger charge is 2.19. The van der Waals surface area contributed by atoms with Crippen molar-refractivity contribution < 1.29 is 9.90 Å². The Morgan fingerprint density at radius 1 is 0.886 bits per heavy atom.